The van der Waals surface area contributed by atoms with Crippen LogP contribution in [0.15, 0.2) is 0 Å². The van der Waals surface area contributed by atoms with Crippen LogP contribution in [0.25, 0.3) is 0 Å². The second kappa shape index (κ2) is 7.31. The maximum Gasteiger partial charge on any atom is 0.214 e. The van der Waals surface area contributed by atoms with Gasteiger partial charge in [0.15, 0.2) is 0 Å². The van der Waals surface area contributed by atoms with Gasteiger partial charge in [-0.2, -0.15) is 0 Å². The normalized spacial score (nSPS) is 26.7. The highest BCUT2D eigenvalue weighted by atomic mass is 32.2. The molecule has 0 unspecified atom stereocenters. The highest BCUT2D eigenvalue weighted by Crippen LogP contribution is 2.23. The van der Waals surface area contributed by atoms with Crippen LogP contribution in [0.1, 0.15) is 32.1 Å². The molecule has 1 rings (SSSR count). The van der Waals surface area contributed by atoms with Crippen molar-refractivity contribution in [1.82, 2.24) is 4.72 Å². The SMILES string of the molecule is COCCS(=O)(=O)N[C@@H]1CCCCC[C@@H]1CO. The van der Waals surface area contributed by atoms with E-state index in [0.717, 1.165) is 32.1 Å². The Kier molecular flexibility index (Phi) is 6.40. The lowest BCUT2D eigenvalue weighted by molar-refractivity contribution is 0.190. The Balaban J connectivity index is 2.56. The molecular formula is C11H23NO4S. The summed E-state index contributed by atoms with van der Waals surface area (Å²) >= 11 is 0. The average Bonchev–Trinajstić information content (AvgIpc) is 2.51. The standard InChI is InChI=1S/C11H23NO4S/c1-16-7-8-17(14,15)12-11-6-4-2-3-5-10(11)9-13/h10-13H,2-9H2,1H3/t10-,11-/m1/s1. The van der Waals surface area contributed by atoms with Gasteiger partial charge in [0, 0.05) is 19.8 Å². The summed E-state index contributed by atoms with van der Waals surface area (Å²) < 4.78 is 31.0. The van der Waals surface area contributed by atoms with Crippen LogP contribution in [0, 0.1) is 5.92 Å². The summed E-state index contributed by atoms with van der Waals surface area (Å²) in [6.07, 6.45) is 4.92. The molecule has 0 aromatic carbocycles. The predicted octanol–water partition coefficient (Wildman–Crippen LogP) is 0.493. The quantitative estimate of drug-likeness (QED) is 0.686. The first-order valence-corrected chi connectivity index (χ1v) is 7.84. The average molecular weight is 265 g/mol. The first-order chi connectivity index (χ1) is 8.09. The first kappa shape index (κ1) is 14.9. The summed E-state index contributed by atoms with van der Waals surface area (Å²) in [5, 5.41) is 9.30. The number of methoxy groups -OCH3 is 1. The van der Waals surface area contributed by atoms with E-state index < -0.39 is 10.0 Å². The van der Waals surface area contributed by atoms with Gasteiger partial charge in [-0.05, 0) is 18.8 Å². The minimum Gasteiger partial charge on any atom is -0.396 e. The van der Waals surface area contributed by atoms with Gasteiger partial charge in [0.2, 0.25) is 10.0 Å². The summed E-state index contributed by atoms with van der Waals surface area (Å²) in [4.78, 5) is 0. The minimum absolute atomic E-state index is 0.0157. The fourth-order valence-corrected chi connectivity index (χ4v) is 3.52. The number of nitrogens with one attached hydrogen (secondary N) is 1. The van der Waals surface area contributed by atoms with Gasteiger partial charge in [0.25, 0.3) is 0 Å². The molecule has 0 aliphatic heterocycles. The third-order valence-electron chi connectivity index (χ3n) is 3.28. The van der Waals surface area contributed by atoms with Crippen molar-refractivity contribution in [2.24, 2.45) is 5.92 Å². The number of hydrogen-bond acceptors (Lipinski definition) is 4. The highest BCUT2D eigenvalue weighted by molar-refractivity contribution is 7.89. The first-order valence-electron chi connectivity index (χ1n) is 6.19. The summed E-state index contributed by atoms with van der Waals surface area (Å²) in [6, 6.07) is -0.121. The largest absolute Gasteiger partial charge is 0.396 e. The maximum absolute atomic E-state index is 11.8. The molecule has 0 heterocycles. The number of ether oxygens (including phenoxy) is 1. The molecule has 1 fully saturated rings. The number of aliphatic hydroxyl groups excluding tert-OH is 1. The zero-order valence-electron chi connectivity index (χ0n) is 10.4. The minimum atomic E-state index is -3.29. The van der Waals surface area contributed by atoms with E-state index in [0.29, 0.717) is 0 Å². The van der Waals surface area contributed by atoms with E-state index in [-0.39, 0.29) is 30.9 Å². The second-order valence-corrected chi connectivity index (χ2v) is 6.49. The van der Waals surface area contributed by atoms with Crippen molar-refractivity contribution in [2.45, 2.75) is 38.1 Å². The van der Waals surface area contributed by atoms with E-state index in [9.17, 15) is 13.5 Å². The van der Waals surface area contributed by atoms with E-state index in [4.69, 9.17) is 4.74 Å². The molecule has 6 heteroatoms. The van der Waals surface area contributed by atoms with Gasteiger partial charge in [-0.3, -0.25) is 0 Å². The fraction of sp³-hybridized carbons (Fsp3) is 1.00. The number of sulfonamides is 1. The van der Waals surface area contributed by atoms with Crippen LogP contribution < -0.4 is 4.72 Å². The highest BCUT2D eigenvalue weighted by Gasteiger charge is 2.26. The molecule has 1 aliphatic carbocycles. The molecule has 1 saturated carbocycles. The van der Waals surface area contributed by atoms with Crippen molar-refractivity contribution in [2.75, 3.05) is 26.1 Å². The predicted molar refractivity (Wildman–Crippen MR) is 66.2 cm³/mol. The van der Waals surface area contributed by atoms with Gasteiger partial charge in [0.1, 0.15) is 0 Å². The third-order valence-corrected chi connectivity index (χ3v) is 4.65. The van der Waals surface area contributed by atoms with Crippen molar-refractivity contribution >= 4 is 10.0 Å². The Labute approximate surface area is 104 Å². The van der Waals surface area contributed by atoms with Crippen LogP contribution >= 0.6 is 0 Å². The zero-order valence-corrected chi connectivity index (χ0v) is 11.2. The van der Waals surface area contributed by atoms with Crippen molar-refractivity contribution in [1.29, 1.82) is 0 Å². The lowest BCUT2D eigenvalue weighted by atomic mass is 9.97. The van der Waals surface area contributed by atoms with E-state index in [1.54, 1.807) is 0 Å². The molecule has 0 saturated heterocycles. The van der Waals surface area contributed by atoms with Crippen molar-refractivity contribution < 1.29 is 18.3 Å². The van der Waals surface area contributed by atoms with E-state index >= 15 is 0 Å². The topological polar surface area (TPSA) is 75.6 Å². The number of aliphatic hydroxyl groups is 1. The molecule has 1 aliphatic rings. The number of hydrogen-bond donors (Lipinski definition) is 2. The Bertz CT molecular complexity index is 305. The Morgan fingerprint density at radius 1 is 1.29 bits per heavy atom. The van der Waals surface area contributed by atoms with Gasteiger partial charge >= 0.3 is 0 Å². The summed E-state index contributed by atoms with van der Waals surface area (Å²) in [7, 11) is -1.80. The Hall–Kier alpha value is -0.170. The van der Waals surface area contributed by atoms with Gasteiger partial charge in [0.05, 0.1) is 12.4 Å². The van der Waals surface area contributed by atoms with Gasteiger partial charge in [-0.25, -0.2) is 13.1 Å². The van der Waals surface area contributed by atoms with Gasteiger partial charge < -0.3 is 9.84 Å². The van der Waals surface area contributed by atoms with Crippen LogP contribution in [-0.2, 0) is 14.8 Å². The van der Waals surface area contributed by atoms with Crippen LogP contribution in [-0.4, -0.2) is 45.6 Å². The fourth-order valence-electron chi connectivity index (χ4n) is 2.24. The van der Waals surface area contributed by atoms with Gasteiger partial charge in [-0.15, -0.1) is 0 Å². The van der Waals surface area contributed by atoms with Crippen molar-refractivity contribution in [3.05, 3.63) is 0 Å². The summed E-state index contributed by atoms with van der Waals surface area (Å²) in [5.41, 5.74) is 0. The Morgan fingerprint density at radius 2 is 2.00 bits per heavy atom. The third kappa shape index (κ3) is 5.33. The lowest BCUT2D eigenvalue weighted by Gasteiger charge is -2.24. The van der Waals surface area contributed by atoms with Gasteiger partial charge in [-0.1, -0.05) is 19.3 Å². The van der Waals surface area contributed by atoms with Crippen LogP contribution in [0.2, 0.25) is 0 Å². The molecular weight excluding hydrogens is 242 g/mol. The van der Waals surface area contributed by atoms with Crippen molar-refractivity contribution in [3.63, 3.8) is 0 Å². The summed E-state index contributed by atoms with van der Waals surface area (Å²) in [6.45, 7) is 0.253. The molecule has 102 valence electrons. The van der Waals surface area contributed by atoms with Crippen LogP contribution in [0.5, 0.6) is 0 Å². The molecule has 0 spiro atoms. The molecule has 0 amide bonds. The number of rotatable bonds is 6. The Morgan fingerprint density at radius 3 is 2.65 bits per heavy atom. The van der Waals surface area contributed by atoms with Crippen LogP contribution in [0.4, 0.5) is 0 Å². The van der Waals surface area contributed by atoms with E-state index in [2.05, 4.69) is 4.72 Å². The molecule has 2 atom stereocenters. The smallest absolute Gasteiger partial charge is 0.214 e. The molecule has 0 bridgehead atoms. The van der Waals surface area contributed by atoms with E-state index in [1.165, 1.54) is 7.11 Å². The zero-order chi connectivity index (χ0) is 12.7. The second-order valence-electron chi connectivity index (χ2n) is 4.62. The molecule has 0 radical (unpaired) electrons. The molecule has 0 aromatic heterocycles. The maximum atomic E-state index is 11.8. The molecule has 5 nitrogen and oxygen atoms in total. The monoisotopic (exact) mass is 265 g/mol. The molecule has 17 heavy (non-hydrogen) atoms. The molecule has 0 aromatic rings. The van der Waals surface area contributed by atoms with E-state index in [1.807, 2.05) is 0 Å². The van der Waals surface area contributed by atoms with Crippen LogP contribution in [0.3, 0.4) is 0 Å². The molecule has 2 N–H and O–H groups in total. The van der Waals surface area contributed by atoms with Crippen molar-refractivity contribution in [3.8, 4) is 0 Å². The summed E-state index contributed by atoms with van der Waals surface area (Å²) in [5.74, 6) is 0.0350. The lowest BCUT2D eigenvalue weighted by Crippen LogP contribution is -2.42.